The van der Waals surface area contributed by atoms with Crippen molar-refractivity contribution in [2.45, 2.75) is 32.1 Å². The number of aryl methyl sites for hydroxylation is 1. The first-order valence-corrected chi connectivity index (χ1v) is 10.0. The molecule has 1 aromatic carbocycles. The van der Waals surface area contributed by atoms with Gasteiger partial charge in [0.25, 0.3) is 5.91 Å². The van der Waals surface area contributed by atoms with Crippen molar-refractivity contribution in [1.29, 1.82) is 0 Å². The second kappa shape index (κ2) is 7.83. The Hall–Kier alpha value is -2.55. The number of aliphatic hydroxyl groups excluding tert-OH is 1. The number of methoxy groups -OCH3 is 1. The smallest absolute Gasteiger partial charge is 0.254 e. The van der Waals surface area contributed by atoms with E-state index < -0.39 is 6.29 Å². The zero-order valence-corrected chi connectivity index (χ0v) is 16.6. The van der Waals surface area contributed by atoms with Gasteiger partial charge in [-0.25, -0.2) is 4.98 Å². The number of likely N-dealkylation sites (tertiary alicyclic amines) is 1. The first-order chi connectivity index (χ1) is 13.6. The predicted octanol–water partition coefficient (Wildman–Crippen LogP) is 3.46. The summed E-state index contributed by atoms with van der Waals surface area (Å²) in [7, 11) is 1.43. The number of carbonyl (C=O) groups excluding carboxylic acids is 1. The number of amides is 1. The molecule has 0 aliphatic carbocycles. The molecule has 1 amide bonds. The summed E-state index contributed by atoms with van der Waals surface area (Å²) in [5, 5.41) is 20.1. The van der Waals surface area contributed by atoms with Crippen molar-refractivity contribution >= 4 is 17.2 Å². The van der Waals surface area contributed by atoms with Crippen LogP contribution in [0, 0.1) is 6.92 Å². The van der Waals surface area contributed by atoms with E-state index >= 15 is 0 Å². The van der Waals surface area contributed by atoms with Gasteiger partial charge in [-0.05, 0) is 44.0 Å². The third kappa shape index (κ3) is 3.58. The van der Waals surface area contributed by atoms with E-state index in [2.05, 4.69) is 15.2 Å². The molecule has 1 fully saturated rings. The van der Waals surface area contributed by atoms with Crippen LogP contribution in [-0.2, 0) is 4.74 Å². The number of nitrogens with zero attached hydrogens (tertiary/aromatic N) is 3. The maximum Gasteiger partial charge on any atom is 0.254 e. The summed E-state index contributed by atoms with van der Waals surface area (Å²) in [6.07, 6.45) is 2.40. The van der Waals surface area contributed by atoms with Crippen LogP contribution in [0.3, 0.4) is 0 Å². The molecule has 4 rings (SSSR count). The highest BCUT2D eigenvalue weighted by atomic mass is 32.1. The van der Waals surface area contributed by atoms with Crippen molar-refractivity contribution in [2.24, 2.45) is 0 Å². The van der Waals surface area contributed by atoms with Crippen LogP contribution in [0.5, 0.6) is 0 Å². The molecule has 146 valence electrons. The van der Waals surface area contributed by atoms with Gasteiger partial charge in [0.05, 0.1) is 11.7 Å². The van der Waals surface area contributed by atoms with Crippen molar-refractivity contribution in [3.63, 3.8) is 0 Å². The van der Waals surface area contributed by atoms with Crippen LogP contribution >= 0.6 is 11.3 Å². The van der Waals surface area contributed by atoms with Gasteiger partial charge in [-0.3, -0.25) is 9.89 Å². The fraction of sp³-hybridized carbons (Fsp3) is 0.350. The lowest BCUT2D eigenvalue weighted by Gasteiger charge is -2.24. The van der Waals surface area contributed by atoms with E-state index in [1.165, 1.54) is 7.11 Å². The average Bonchev–Trinajstić information content (AvgIpc) is 3.47. The molecule has 2 atom stereocenters. The maximum atomic E-state index is 13.4. The van der Waals surface area contributed by atoms with Gasteiger partial charge < -0.3 is 14.7 Å². The van der Waals surface area contributed by atoms with Gasteiger partial charge >= 0.3 is 0 Å². The van der Waals surface area contributed by atoms with Crippen molar-refractivity contribution in [3.8, 4) is 11.3 Å². The number of thiazole rings is 1. The number of nitrogens with one attached hydrogen (secondary N) is 1. The molecule has 3 heterocycles. The standard InChI is InChI=1S/C20H22N4O3S/c1-12-11-28-18(22-12)17-4-3-7-24(17)19(25)14-8-13(16-5-6-21-23-16)9-15(10-14)20(26)27-2/h5-6,8-11,17,20,26H,3-4,7H2,1-2H3,(H,21,23). The molecule has 0 saturated carbocycles. The Kier molecular flexibility index (Phi) is 5.25. The Labute approximate surface area is 167 Å². The third-order valence-electron chi connectivity index (χ3n) is 4.96. The highest BCUT2D eigenvalue weighted by molar-refractivity contribution is 7.09. The van der Waals surface area contributed by atoms with Gasteiger partial charge in [0.15, 0.2) is 6.29 Å². The summed E-state index contributed by atoms with van der Waals surface area (Å²) in [4.78, 5) is 19.8. The number of benzene rings is 1. The number of carbonyl (C=O) groups is 1. The normalized spacial score (nSPS) is 17.8. The Bertz CT molecular complexity index is 970. The summed E-state index contributed by atoms with van der Waals surface area (Å²) in [6, 6.07) is 7.13. The van der Waals surface area contributed by atoms with Crippen molar-refractivity contribution in [1.82, 2.24) is 20.1 Å². The van der Waals surface area contributed by atoms with Gasteiger partial charge in [0.2, 0.25) is 0 Å². The lowest BCUT2D eigenvalue weighted by molar-refractivity contribution is -0.0769. The zero-order valence-electron chi connectivity index (χ0n) is 15.8. The highest BCUT2D eigenvalue weighted by Crippen LogP contribution is 2.35. The van der Waals surface area contributed by atoms with Gasteiger partial charge in [0.1, 0.15) is 5.01 Å². The minimum absolute atomic E-state index is 0.00203. The fourth-order valence-corrected chi connectivity index (χ4v) is 4.53. The summed E-state index contributed by atoms with van der Waals surface area (Å²) in [6.45, 7) is 2.66. The van der Waals surface area contributed by atoms with E-state index in [4.69, 9.17) is 4.74 Å². The molecule has 28 heavy (non-hydrogen) atoms. The number of rotatable bonds is 5. The Morgan fingerprint density at radius 3 is 2.96 bits per heavy atom. The Balaban J connectivity index is 1.70. The van der Waals surface area contributed by atoms with Crippen LogP contribution in [0.2, 0.25) is 0 Å². The molecule has 8 heteroatoms. The number of aliphatic hydroxyl groups is 1. The van der Waals surface area contributed by atoms with Crippen molar-refractivity contribution < 1.29 is 14.6 Å². The quantitative estimate of drug-likeness (QED) is 0.642. The first-order valence-electron chi connectivity index (χ1n) is 9.15. The molecular weight excluding hydrogens is 376 g/mol. The molecule has 2 unspecified atom stereocenters. The van der Waals surface area contributed by atoms with E-state index in [0.717, 1.165) is 34.8 Å². The fourth-order valence-electron chi connectivity index (χ4n) is 3.58. The Morgan fingerprint density at radius 2 is 2.29 bits per heavy atom. The lowest BCUT2D eigenvalue weighted by atomic mass is 10.0. The third-order valence-corrected chi connectivity index (χ3v) is 6.02. The molecule has 2 aromatic heterocycles. The minimum atomic E-state index is -1.11. The van der Waals surface area contributed by atoms with E-state index in [1.54, 1.807) is 29.7 Å². The molecule has 0 bridgehead atoms. The van der Waals surface area contributed by atoms with Crippen LogP contribution in [-0.4, -0.2) is 44.7 Å². The maximum absolute atomic E-state index is 13.4. The van der Waals surface area contributed by atoms with Crippen LogP contribution in [0.15, 0.2) is 35.8 Å². The van der Waals surface area contributed by atoms with E-state index in [-0.39, 0.29) is 11.9 Å². The van der Waals surface area contributed by atoms with Crippen LogP contribution in [0.1, 0.15) is 51.8 Å². The number of aromatic amines is 1. The first kappa shape index (κ1) is 18.8. The highest BCUT2D eigenvalue weighted by Gasteiger charge is 2.33. The van der Waals surface area contributed by atoms with Gasteiger partial charge in [-0.15, -0.1) is 11.3 Å². The largest absolute Gasteiger partial charge is 0.364 e. The molecule has 0 spiro atoms. The minimum Gasteiger partial charge on any atom is -0.364 e. The van der Waals surface area contributed by atoms with Gasteiger partial charge in [0, 0.05) is 47.6 Å². The van der Waals surface area contributed by atoms with Crippen molar-refractivity contribution in [2.75, 3.05) is 13.7 Å². The van der Waals surface area contributed by atoms with Crippen LogP contribution in [0.4, 0.5) is 0 Å². The molecule has 3 aromatic rings. The van der Waals surface area contributed by atoms with E-state index in [1.807, 2.05) is 29.3 Å². The summed E-state index contributed by atoms with van der Waals surface area (Å²) >= 11 is 1.60. The molecule has 1 aliphatic heterocycles. The van der Waals surface area contributed by atoms with Crippen LogP contribution < -0.4 is 0 Å². The van der Waals surface area contributed by atoms with E-state index in [0.29, 0.717) is 17.7 Å². The lowest BCUT2D eigenvalue weighted by Crippen LogP contribution is -2.30. The number of ether oxygens (including phenoxy) is 1. The van der Waals surface area contributed by atoms with Crippen molar-refractivity contribution in [3.05, 3.63) is 57.7 Å². The predicted molar refractivity (Wildman–Crippen MR) is 106 cm³/mol. The number of aromatic nitrogens is 3. The number of H-pyrrole nitrogens is 1. The van der Waals surface area contributed by atoms with Gasteiger partial charge in [-0.1, -0.05) is 0 Å². The monoisotopic (exact) mass is 398 g/mol. The second-order valence-electron chi connectivity index (χ2n) is 6.89. The molecule has 1 saturated heterocycles. The van der Waals surface area contributed by atoms with E-state index in [9.17, 15) is 9.90 Å². The number of hydrogen-bond acceptors (Lipinski definition) is 6. The molecule has 0 radical (unpaired) electrons. The summed E-state index contributed by atoms with van der Waals surface area (Å²) in [5.74, 6) is -0.0683. The average molecular weight is 398 g/mol. The molecule has 2 N–H and O–H groups in total. The summed E-state index contributed by atoms with van der Waals surface area (Å²) < 4.78 is 5.06. The molecule has 7 nitrogen and oxygen atoms in total. The molecular formula is C20H22N4O3S. The molecule has 1 aliphatic rings. The SMILES string of the molecule is COC(O)c1cc(C(=O)N2CCCC2c2nc(C)cs2)cc(-c2ccn[nH]2)c1. The summed E-state index contributed by atoms with van der Waals surface area (Å²) in [5.41, 5.74) is 3.56. The zero-order chi connectivity index (χ0) is 19.7. The van der Waals surface area contributed by atoms with Crippen LogP contribution in [0.25, 0.3) is 11.3 Å². The topological polar surface area (TPSA) is 91.3 Å². The van der Waals surface area contributed by atoms with Gasteiger partial charge in [-0.2, -0.15) is 5.10 Å². The Morgan fingerprint density at radius 1 is 1.43 bits per heavy atom. The second-order valence-corrected chi connectivity index (χ2v) is 7.78. The number of hydrogen-bond donors (Lipinski definition) is 2.